The van der Waals surface area contributed by atoms with E-state index in [0.717, 1.165) is 32.8 Å². The maximum absolute atomic E-state index is 12.5. The Morgan fingerprint density at radius 2 is 1.65 bits per heavy atom. The molecule has 0 spiro atoms. The van der Waals surface area contributed by atoms with Crippen LogP contribution in [0.1, 0.15) is 15.9 Å². The second-order valence-electron chi connectivity index (χ2n) is 6.29. The van der Waals surface area contributed by atoms with Crippen LogP contribution in [0, 0.1) is 0 Å². The van der Waals surface area contributed by atoms with E-state index >= 15 is 0 Å². The van der Waals surface area contributed by atoms with E-state index in [1.54, 1.807) is 32.4 Å². The Balaban J connectivity index is 1.64. The van der Waals surface area contributed by atoms with Crippen LogP contribution in [0.25, 0.3) is 0 Å². The summed E-state index contributed by atoms with van der Waals surface area (Å²) in [5.41, 5.74) is 2.47. The first-order valence-corrected chi connectivity index (χ1v) is 8.72. The highest BCUT2D eigenvalue weighted by Gasteiger charge is 2.14. The Kier molecular flexibility index (Phi) is 6.09. The Morgan fingerprint density at radius 3 is 2.23 bits per heavy atom. The van der Waals surface area contributed by atoms with Gasteiger partial charge in [-0.2, -0.15) is 0 Å². The molecule has 3 rings (SSSR count). The van der Waals surface area contributed by atoms with Crippen LogP contribution < -0.4 is 19.7 Å². The van der Waals surface area contributed by atoms with E-state index in [0.29, 0.717) is 22.7 Å². The lowest BCUT2D eigenvalue weighted by Gasteiger charge is -2.23. The van der Waals surface area contributed by atoms with Gasteiger partial charge in [-0.1, -0.05) is 12.1 Å². The molecular formula is C20H25N2O4+. The number of anilines is 1. The van der Waals surface area contributed by atoms with Gasteiger partial charge in [0, 0.05) is 35.0 Å². The van der Waals surface area contributed by atoms with Crippen molar-refractivity contribution in [2.24, 2.45) is 0 Å². The Hall–Kier alpha value is -2.57. The van der Waals surface area contributed by atoms with Crippen LogP contribution in [0.4, 0.5) is 5.69 Å². The standard InChI is InChI=1S/C20H24N2O4/c1-24-18-11-17(12-19(13-18)25-2)21-20(23)16-5-3-15(4-6-16)14-22-7-9-26-10-8-22/h3-6,11-13H,7-10,14H2,1-2H3,(H,21,23)/p+1. The van der Waals surface area contributed by atoms with Gasteiger partial charge in [-0.25, -0.2) is 0 Å². The molecule has 138 valence electrons. The van der Waals surface area contributed by atoms with Crippen molar-refractivity contribution in [3.8, 4) is 11.5 Å². The lowest BCUT2D eigenvalue weighted by Crippen LogP contribution is -3.12. The summed E-state index contributed by atoms with van der Waals surface area (Å²) in [6.45, 7) is 4.65. The van der Waals surface area contributed by atoms with Crippen LogP contribution in [0.3, 0.4) is 0 Å². The summed E-state index contributed by atoms with van der Waals surface area (Å²) in [6.07, 6.45) is 0. The number of quaternary nitrogens is 1. The van der Waals surface area contributed by atoms with E-state index in [1.807, 2.05) is 24.3 Å². The lowest BCUT2D eigenvalue weighted by atomic mass is 10.1. The summed E-state index contributed by atoms with van der Waals surface area (Å²) in [7, 11) is 3.16. The van der Waals surface area contributed by atoms with Crippen LogP contribution in [0.5, 0.6) is 11.5 Å². The van der Waals surface area contributed by atoms with Crippen molar-refractivity contribution in [2.45, 2.75) is 6.54 Å². The number of carbonyl (C=O) groups excluding carboxylic acids is 1. The number of carbonyl (C=O) groups is 1. The fourth-order valence-corrected chi connectivity index (χ4v) is 2.98. The first-order chi connectivity index (χ1) is 12.7. The van der Waals surface area contributed by atoms with Gasteiger partial charge in [-0.3, -0.25) is 4.79 Å². The maximum Gasteiger partial charge on any atom is 0.255 e. The number of morpholine rings is 1. The van der Waals surface area contributed by atoms with E-state index in [9.17, 15) is 4.79 Å². The average Bonchev–Trinajstić information content (AvgIpc) is 2.69. The second-order valence-corrected chi connectivity index (χ2v) is 6.29. The van der Waals surface area contributed by atoms with Crippen molar-refractivity contribution in [3.63, 3.8) is 0 Å². The van der Waals surface area contributed by atoms with Crippen molar-refractivity contribution < 1.29 is 23.9 Å². The van der Waals surface area contributed by atoms with Gasteiger partial charge in [0.05, 0.1) is 27.4 Å². The van der Waals surface area contributed by atoms with Gasteiger partial charge in [0.2, 0.25) is 0 Å². The molecule has 2 N–H and O–H groups in total. The molecule has 1 heterocycles. The molecule has 1 amide bonds. The first-order valence-electron chi connectivity index (χ1n) is 8.72. The minimum absolute atomic E-state index is 0.162. The number of nitrogens with one attached hydrogen (secondary N) is 2. The zero-order chi connectivity index (χ0) is 18.4. The van der Waals surface area contributed by atoms with Crippen molar-refractivity contribution in [1.82, 2.24) is 0 Å². The minimum Gasteiger partial charge on any atom is -0.497 e. The van der Waals surface area contributed by atoms with Crippen LogP contribution in [-0.2, 0) is 11.3 Å². The van der Waals surface area contributed by atoms with E-state index < -0.39 is 0 Å². The highest BCUT2D eigenvalue weighted by atomic mass is 16.5. The molecule has 6 nitrogen and oxygen atoms in total. The fraction of sp³-hybridized carbons (Fsp3) is 0.350. The molecule has 2 aromatic carbocycles. The molecule has 1 saturated heterocycles. The fourth-order valence-electron chi connectivity index (χ4n) is 2.98. The summed E-state index contributed by atoms with van der Waals surface area (Å²) >= 11 is 0. The van der Waals surface area contributed by atoms with E-state index in [-0.39, 0.29) is 5.91 Å². The van der Waals surface area contributed by atoms with Gasteiger partial charge >= 0.3 is 0 Å². The molecule has 0 aromatic heterocycles. The van der Waals surface area contributed by atoms with E-state index in [1.165, 1.54) is 10.5 Å². The van der Waals surface area contributed by atoms with E-state index in [2.05, 4.69) is 5.32 Å². The number of benzene rings is 2. The third kappa shape index (κ3) is 4.74. The predicted molar refractivity (Wildman–Crippen MR) is 99.2 cm³/mol. The smallest absolute Gasteiger partial charge is 0.255 e. The Morgan fingerprint density at radius 1 is 1.04 bits per heavy atom. The molecule has 0 unspecified atom stereocenters. The van der Waals surface area contributed by atoms with Gasteiger partial charge < -0.3 is 24.4 Å². The highest BCUT2D eigenvalue weighted by molar-refractivity contribution is 6.04. The van der Waals surface area contributed by atoms with Gasteiger partial charge in [0.15, 0.2) is 0 Å². The number of amides is 1. The van der Waals surface area contributed by atoms with Gasteiger partial charge in [0.1, 0.15) is 31.1 Å². The van der Waals surface area contributed by atoms with Crippen molar-refractivity contribution >= 4 is 11.6 Å². The summed E-state index contributed by atoms with van der Waals surface area (Å²) < 4.78 is 15.8. The van der Waals surface area contributed by atoms with Crippen molar-refractivity contribution in [3.05, 3.63) is 53.6 Å². The molecule has 6 heteroatoms. The quantitative estimate of drug-likeness (QED) is 0.820. The molecule has 2 aromatic rings. The van der Waals surface area contributed by atoms with E-state index in [4.69, 9.17) is 14.2 Å². The number of ether oxygens (including phenoxy) is 3. The maximum atomic E-state index is 12.5. The Labute approximate surface area is 153 Å². The lowest BCUT2D eigenvalue weighted by molar-refractivity contribution is -0.921. The van der Waals surface area contributed by atoms with Crippen molar-refractivity contribution in [2.75, 3.05) is 45.8 Å². The van der Waals surface area contributed by atoms with Gasteiger partial charge in [-0.15, -0.1) is 0 Å². The van der Waals surface area contributed by atoms with Crippen LogP contribution in [0.2, 0.25) is 0 Å². The molecular weight excluding hydrogens is 332 g/mol. The molecule has 0 radical (unpaired) electrons. The minimum atomic E-state index is -0.162. The summed E-state index contributed by atoms with van der Waals surface area (Å²) in [4.78, 5) is 14.0. The third-order valence-corrected chi connectivity index (χ3v) is 4.48. The Bertz CT molecular complexity index is 718. The summed E-state index contributed by atoms with van der Waals surface area (Å²) in [6, 6.07) is 13.0. The number of hydrogen-bond donors (Lipinski definition) is 2. The molecule has 1 fully saturated rings. The highest BCUT2D eigenvalue weighted by Crippen LogP contribution is 2.26. The molecule has 1 aliphatic heterocycles. The van der Waals surface area contributed by atoms with Crippen LogP contribution in [0.15, 0.2) is 42.5 Å². The topological polar surface area (TPSA) is 61.2 Å². The first kappa shape index (κ1) is 18.2. The predicted octanol–water partition coefficient (Wildman–Crippen LogP) is 1.37. The number of hydrogen-bond acceptors (Lipinski definition) is 4. The third-order valence-electron chi connectivity index (χ3n) is 4.48. The van der Waals surface area contributed by atoms with Gasteiger partial charge in [0.25, 0.3) is 5.91 Å². The average molecular weight is 357 g/mol. The van der Waals surface area contributed by atoms with Crippen LogP contribution >= 0.6 is 0 Å². The molecule has 1 aliphatic rings. The van der Waals surface area contributed by atoms with Crippen LogP contribution in [-0.4, -0.2) is 46.4 Å². The summed E-state index contributed by atoms with van der Waals surface area (Å²) in [5.74, 6) is 1.09. The molecule has 0 aliphatic carbocycles. The molecule has 26 heavy (non-hydrogen) atoms. The number of rotatable bonds is 6. The largest absolute Gasteiger partial charge is 0.497 e. The molecule has 0 saturated carbocycles. The zero-order valence-corrected chi connectivity index (χ0v) is 15.2. The second kappa shape index (κ2) is 8.69. The SMILES string of the molecule is COc1cc(NC(=O)c2ccc(C[NH+]3CCOCC3)cc2)cc(OC)c1. The van der Waals surface area contributed by atoms with Crippen molar-refractivity contribution in [1.29, 1.82) is 0 Å². The molecule has 0 atom stereocenters. The zero-order valence-electron chi connectivity index (χ0n) is 15.2. The monoisotopic (exact) mass is 357 g/mol. The molecule has 0 bridgehead atoms. The number of methoxy groups -OCH3 is 2. The van der Waals surface area contributed by atoms with Gasteiger partial charge in [-0.05, 0) is 12.1 Å². The summed E-state index contributed by atoms with van der Waals surface area (Å²) in [5, 5.41) is 2.89. The normalized spacial score (nSPS) is 14.7.